The molecule has 0 aromatic heterocycles. The first-order valence-corrected chi connectivity index (χ1v) is 10.2. The minimum Gasteiger partial charge on any atom is -0.425 e. The molecule has 0 aliphatic heterocycles. The van der Waals surface area contributed by atoms with Gasteiger partial charge in [-0.1, -0.05) is 58.3 Å². The quantitative estimate of drug-likeness (QED) is 0.445. The molecule has 0 heterocycles. The highest BCUT2D eigenvalue weighted by atomic mass is 28.4. The fourth-order valence-corrected chi connectivity index (χ4v) is 2.69. The molecule has 0 amide bonds. The molecule has 2 nitrogen and oxygen atoms in total. The molecule has 3 heteroatoms. The van der Waals surface area contributed by atoms with E-state index in [0.717, 1.165) is 12.8 Å². The molecule has 102 valence electrons. The van der Waals surface area contributed by atoms with Gasteiger partial charge in [-0.15, -0.1) is 0 Å². The molecule has 0 saturated carbocycles. The van der Waals surface area contributed by atoms with Crippen LogP contribution in [0.3, 0.4) is 0 Å². The zero-order valence-corrected chi connectivity index (χ0v) is 12.9. The molecule has 0 rings (SSSR count). The molecule has 0 aliphatic rings. The number of hydrogen-bond donors (Lipinski definition) is 1. The molecule has 1 N–H and O–H groups in total. The van der Waals surface area contributed by atoms with Gasteiger partial charge in [0.15, 0.2) is 0 Å². The third-order valence-electron chi connectivity index (χ3n) is 3.19. The molecule has 0 atom stereocenters. The third kappa shape index (κ3) is 10.7. The first-order chi connectivity index (χ1) is 7.98. The van der Waals surface area contributed by atoms with Crippen molar-refractivity contribution in [1.82, 2.24) is 0 Å². The van der Waals surface area contributed by atoms with Gasteiger partial charge in [-0.25, -0.2) is 0 Å². The lowest BCUT2D eigenvalue weighted by Gasteiger charge is -2.11. The SMILES string of the molecule is CCCCCCCCCCCC(=O)[Si](C)(C)O. The topological polar surface area (TPSA) is 37.3 Å². The Morgan fingerprint density at radius 1 is 0.882 bits per heavy atom. The Labute approximate surface area is 108 Å². The second-order valence-electron chi connectivity index (χ2n) is 5.56. The summed E-state index contributed by atoms with van der Waals surface area (Å²) in [5, 5.41) is 0.112. The molecule has 17 heavy (non-hydrogen) atoms. The van der Waals surface area contributed by atoms with Crippen molar-refractivity contribution in [3.05, 3.63) is 0 Å². The van der Waals surface area contributed by atoms with Gasteiger partial charge in [-0.3, -0.25) is 0 Å². The van der Waals surface area contributed by atoms with Crippen LogP contribution in [0.5, 0.6) is 0 Å². The predicted molar refractivity (Wildman–Crippen MR) is 76.6 cm³/mol. The first-order valence-electron chi connectivity index (χ1n) is 7.24. The van der Waals surface area contributed by atoms with Gasteiger partial charge in [-0.05, 0) is 19.5 Å². The predicted octanol–water partition coefficient (Wildman–Crippen LogP) is 4.21. The zero-order valence-electron chi connectivity index (χ0n) is 11.9. The smallest absolute Gasteiger partial charge is 0.255 e. The molecule has 0 aromatic rings. The summed E-state index contributed by atoms with van der Waals surface area (Å²) in [7, 11) is -2.49. The molecular weight excluding hydrogens is 228 g/mol. The highest BCUT2D eigenvalue weighted by molar-refractivity contribution is 6.98. The Balaban J connectivity index is 3.22. The van der Waals surface area contributed by atoms with Crippen molar-refractivity contribution in [3.8, 4) is 0 Å². The summed E-state index contributed by atoms with van der Waals surface area (Å²) >= 11 is 0. The molecular formula is C14H30O2Si. The minimum absolute atomic E-state index is 0.112. The van der Waals surface area contributed by atoms with E-state index in [-0.39, 0.29) is 5.41 Å². The molecule has 0 aliphatic carbocycles. The van der Waals surface area contributed by atoms with Crippen LogP contribution in [0, 0.1) is 0 Å². The number of carbonyl (C=O) groups is 1. The van der Waals surface area contributed by atoms with Gasteiger partial charge >= 0.3 is 0 Å². The summed E-state index contributed by atoms with van der Waals surface area (Å²) < 4.78 is 0. The molecule has 0 spiro atoms. The normalized spacial score (nSPS) is 11.8. The molecule has 0 radical (unpaired) electrons. The number of unbranched alkanes of at least 4 members (excludes halogenated alkanes) is 8. The molecule has 0 unspecified atom stereocenters. The van der Waals surface area contributed by atoms with Gasteiger partial charge in [0.25, 0.3) is 8.32 Å². The van der Waals surface area contributed by atoms with Crippen molar-refractivity contribution in [2.75, 3.05) is 0 Å². The summed E-state index contributed by atoms with van der Waals surface area (Å²) in [5.74, 6) is 0. The largest absolute Gasteiger partial charge is 0.425 e. The molecule has 0 aromatic carbocycles. The van der Waals surface area contributed by atoms with Crippen LogP contribution in [0.2, 0.25) is 13.1 Å². The van der Waals surface area contributed by atoms with Crippen LogP contribution >= 0.6 is 0 Å². The van der Waals surface area contributed by atoms with Gasteiger partial charge in [0.1, 0.15) is 5.41 Å². The lowest BCUT2D eigenvalue weighted by atomic mass is 10.1. The highest BCUT2D eigenvalue weighted by Gasteiger charge is 2.26. The summed E-state index contributed by atoms with van der Waals surface area (Å²) in [6.45, 7) is 5.66. The highest BCUT2D eigenvalue weighted by Crippen LogP contribution is 2.12. The average Bonchev–Trinajstić information content (AvgIpc) is 2.25. The Morgan fingerprint density at radius 2 is 1.29 bits per heavy atom. The van der Waals surface area contributed by atoms with E-state index in [1.807, 2.05) is 0 Å². The zero-order chi connectivity index (χ0) is 13.1. The second-order valence-corrected chi connectivity index (χ2v) is 9.24. The molecule has 0 fully saturated rings. The first kappa shape index (κ1) is 16.8. The van der Waals surface area contributed by atoms with Crippen LogP contribution in [0.1, 0.15) is 71.1 Å². The molecule has 0 saturated heterocycles. The van der Waals surface area contributed by atoms with Crippen LogP contribution in [-0.2, 0) is 4.79 Å². The Hall–Kier alpha value is -0.153. The fraction of sp³-hybridized carbons (Fsp3) is 0.929. The maximum absolute atomic E-state index is 11.5. The van der Waals surface area contributed by atoms with Crippen molar-refractivity contribution in [1.29, 1.82) is 0 Å². The van der Waals surface area contributed by atoms with E-state index >= 15 is 0 Å². The van der Waals surface area contributed by atoms with Crippen molar-refractivity contribution in [3.63, 3.8) is 0 Å². The standard InChI is InChI=1S/C14H30O2Si/c1-4-5-6-7-8-9-10-11-12-13-14(15)17(2,3)16/h16H,4-13H2,1-3H3. The van der Waals surface area contributed by atoms with E-state index in [1.54, 1.807) is 13.1 Å². The average molecular weight is 258 g/mol. The van der Waals surface area contributed by atoms with E-state index in [0.29, 0.717) is 6.42 Å². The van der Waals surface area contributed by atoms with E-state index < -0.39 is 8.32 Å². The van der Waals surface area contributed by atoms with Gasteiger partial charge in [-0.2, -0.15) is 0 Å². The molecule has 0 bridgehead atoms. The van der Waals surface area contributed by atoms with E-state index in [1.165, 1.54) is 44.9 Å². The van der Waals surface area contributed by atoms with E-state index in [4.69, 9.17) is 0 Å². The van der Waals surface area contributed by atoms with Crippen molar-refractivity contribution < 1.29 is 9.59 Å². The van der Waals surface area contributed by atoms with Crippen molar-refractivity contribution in [2.45, 2.75) is 84.2 Å². The number of rotatable bonds is 11. The summed E-state index contributed by atoms with van der Waals surface area (Å²) in [6, 6.07) is 0. The van der Waals surface area contributed by atoms with Crippen LogP contribution in [0.4, 0.5) is 0 Å². The van der Waals surface area contributed by atoms with E-state index in [2.05, 4.69) is 6.92 Å². The van der Waals surface area contributed by atoms with Crippen molar-refractivity contribution in [2.24, 2.45) is 0 Å². The van der Waals surface area contributed by atoms with E-state index in [9.17, 15) is 9.59 Å². The number of hydrogen-bond acceptors (Lipinski definition) is 2. The lowest BCUT2D eigenvalue weighted by Crippen LogP contribution is -2.37. The Kier molecular flexibility index (Phi) is 9.75. The Bertz CT molecular complexity index is 197. The second kappa shape index (κ2) is 9.83. The summed E-state index contributed by atoms with van der Waals surface area (Å²) in [4.78, 5) is 21.1. The summed E-state index contributed by atoms with van der Waals surface area (Å²) in [5.41, 5.74) is 0. The fourth-order valence-electron chi connectivity index (χ4n) is 1.90. The maximum Gasteiger partial charge on any atom is 0.255 e. The van der Waals surface area contributed by atoms with Crippen molar-refractivity contribution >= 4 is 13.7 Å². The Morgan fingerprint density at radius 3 is 1.71 bits per heavy atom. The van der Waals surface area contributed by atoms with Crippen LogP contribution in [0.15, 0.2) is 0 Å². The van der Waals surface area contributed by atoms with Gasteiger partial charge < -0.3 is 9.59 Å². The van der Waals surface area contributed by atoms with Crippen LogP contribution in [0.25, 0.3) is 0 Å². The van der Waals surface area contributed by atoms with Crippen LogP contribution < -0.4 is 0 Å². The summed E-state index contributed by atoms with van der Waals surface area (Å²) in [6.07, 6.45) is 12.0. The van der Waals surface area contributed by atoms with Gasteiger partial charge in [0.2, 0.25) is 0 Å². The minimum atomic E-state index is -2.49. The third-order valence-corrected chi connectivity index (χ3v) is 4.80. The van der Waals surface area contributed by atoms with Gasteiger partial charge in [0.05, 0.1) is 0 Å². The lowest BCUT2D eigenvalue weighted by molar-refractivity contribution is -0.113. The maximum atomic E-state index is 11.5. The van der Waals surface area contributed by atoms with Gasteiger partial charge in [0, 0.05) is 6.42 Å². The van der Waals surface area contributed by atoms with Crippen LogP contribution in [-0.4, -0.2) is 18.5 Å². The number of carbonyl (C=O) groups excluding carboxylic acids is 1. The monoisotopic (exact) mass is 258 g/mol.